The number of esters is 1. The van der Waals surface area contributed by atoms with E-state index in [-0.39, 0.29) is 12.5 Å². The number of nitrogens with one attached hydrogen (secondary N) is 1. The Kier molecular flexibility index (Phi) is 6.02. The molecule has 1 rings (SSSR count). The number of rotatable bonds is 6. The van der Waals surface area contributed by atoms with Crippen LogP contribution in [0.25, 0.3) is 0 Å². The molecule has 1 N–H and O–H groups in total. The fourth-order valence-corrected chi connectivity index (χ4v) is 1.76. The Morgan fingerprint density at radius 1 is 1.26 bits per heavy atom. The molecule has 104 valence electrons. The molecule has 0 aliphatic carbocycles. The normalized spacial score (nSPS) is 11.7. The summed E-state index contributed by atoms with van der Waals surface area (Å²) in [5.74, 6) is -0.806. The summed E-state index contributed by atoms with van der Waals surface area (Å²) >= 11 is 0. The smallest absolute Gasteiger partial charge is 0.328 e. The molecule has 1 atom stereocenters. The van der Waals surface area contributed by atoms with Crippen molar-refractivity contribution in [2.45, 2.75) is 19.4 Å². The molecule has 0 aliphatic heterocycles. The molecule has 1 amide bonds. The topological polar surface area (TPSA) is 64.6 Å². The first-order valence-electron chi connectivity index (χ1n) is 5.99. The fourth-order valence-electron chi connectivity index (χ4n) is 1.76. The molecule has 0 fully saturated rings. The van der Waals surface area contributed by atoms with E-state index in [1.54, 1.807) is 0 Å². The quantitative estimate of drug-likeness (QED) is 0.774. The number of aryl methyl sites for hydroxylation is 1. The maximum atomic E-state index is 11.7. The molecule has 5 nitrogen and oxygen atoms in total. The SMILES string of the molecule is COCC(=O)N[C@H](Cc1ccccc1C)C(=O)OC. The van der Waals surface area contributed by atoms with Crippen molar-refractivity contribution in [3.63, 3.8) is 0 Å². The number of benzene rings is 1. The van der Waals surface area contributed by atoms with Crippen LogP contribution in [0.1, 0.15) is 11.1 Å². The minimum absolute atomic E-state index is 0.0821. The Hall–Kier alpha value is -1.88. The van der Waals surface area contributed by atoms with Crippen molar-refractivity contribution in [3.05, 3.63) is 35.4 Å². The van der Waals surface area contributed by atoms with E-state index in [0.717, 1.165) is 11.1 Å². The van der Waals surface area contributed by atoms with Gasteiger partial charge >= 0.3 is 5.97 Å². The second-order valence-corrected chi connectivity index (χ2v) is 4.21. The summed E-state index contributed by atoms with van der Waals surface area (Å²) in [7, 11) is 2.73. The van der Waals surface area contributed by atoms with Gasteiger partial charge in [-0.05, 0) is 18.1 Å². The molecule has 19 heavy (non-hydrogen) atoms. The lowest BCUT2D eigenvalue weighted by atomic mass is 10.0. The van der Waals surface area contributed by atoms with Crippen molar-refractivity contribution < 1.29 is 19.1 Å². The van der Waals surface area contributed by atoms with Gasteiger partial charge in [-0.1, -0.05) is 24.3 Å². The maximum absolute atomic E-state index is 11.7. The van der Waals surface area contributed by atoms with Gasteiger partial charge in [-0.15, -0.1) is 0 Å². The zero-order valence-corrected chi connectivity index (χ0v) is 11.4. The van der Waals surface area contributed by atoms with Gasteiger partial charge < -0.3 is 14.8 Å². The second kappa shape index (κ2) is 7.53. The lowest BCUT2D eigenvalue weighted by Gasteiger charge is -2.17. The highest BCUT2D eigenvalue weighted by molar-refractivity contribution is 5.85. The first-order chi connectivity index (χ1) is 9.08. The molecule has 0 aliphatic rings. The van der Waals surface area contributed by atoms with Crippen molar-refractivity contribution >= 4 is 11.9 Å². The van der Waals surface area contributed by atoms with Gasteiger partial charge in [0.2, 0.25) is 5.91 Å². The third-order valence-corrected chi connectivity index (χ3v) is 2.78. The molecule has 0 unspecified atom stereocenters. The molecular weight excluding hydrogens is 246 g/mol. The highest BCUT2D eigenvalue weighted by atomic mass is 16.5. The van der Waals surface area contributed by atoms with Gasteiger partial charge in [0.1, 0.15) is 12.6 Å². The zero-order valence-electron chi connectivity index (χ0n) is 11.4. The van der Waals surface area contributed by atoms with Crippen LogP contribution in [0.3, 0.4) is 0 Å². The van der Waals surface area contributed by atoms with Crippen LogP contribution in [0.5, 0.6) is 0 Å². The number of hydrogen-bond acceptors (Lipinski definition) is 4. The highest BCUT2D eigenvalue weighted by Gasteiger charge is 2.22. The van der Waals surface area contributed by atoms with E-state index < -0.39 is 12.0 Å². The molecule has 0 bridgehead atoms. The molecular formula is C14H19NO4. The molecule has 1 aromatic carbocycles. The molecule has 0 spiro atoms. The van der Waals surface area contributed by atoms with E-state index in [0.29, 0.717) is 6.42 Å². The van der Waals surface area contributed by atoms with Crippen LogP contribution >= 0.6 is 0 Å². The molecule has 0 heterocycles. The van der Waals surface area contributed by atoms with Gasteiger partial charge in [-0.2, -0.15) is 0 Å². The third kappa shape index (κ3) is 4.71. The van der Waals surface area contributed by atoms with Crippen molar-refractivity contribution in [1.29, 1.82) is 0 Å². The van der Waals surface area contributed by atoms with E-state index in [9.17, 15) is 9.59 Å². The predicted molar refractivity (Wildman–Crippen MR) is 70.7 cm³/mol. The van der Waals surface area contributed by atoms with Crippen LogP contribution in [0.15, 0.2) is 24.3 Å². The molecule has 0 aromatic heterocycles. The average Bonchev–Trinajstić information content (AvgIpc) is 2.39. The van der Waals surface area contributed by atoms with Crippen LogP contribution in [0.2, 0.25) is 0 Å². The highest BCUT2D eigenvalue weighted by Crippen LogP contribution is 2.10. The Labute approximate surface area is 112 Å². The van der Waals surface area contributed by atoms with Crippen LogP contribution in [0.4, 0.5) is 0 Å². The van der Waals surface area contributed by atoms with Crippen LogP contribution < -0.4 is 5.32 Å². The number of hydrogen-bond donors (Lipinski definition) is 1. The van der Waals surface area contributed by atoms with Crippen molar-refractivity contribution in [2.75, 3.05) is 20.8 Å². The molecule has 1 aromatic rings. The number of methoxy groups -OCH3 is 2. The number of carbonyl (C=O) groups excluding carboxylic acids is 2. The fraction of sp³-hybridized carbons (Fsp3) is 0.429. The summed E-state index contributed by atoms with van der Waals surface area (Å²) in [6, 6.07) is 7.01. The van der Waals surface area contributed by atoms with Crippen LogP contribution in [-0.2, 0) is 25.5 Å². The number of amides is 1. The van der Waals surface area contributed by atoms with Gasteiger partial charge in [-0.25, -0.2) is 4.79 Å². The summed E-state index contributed by atoms with van der Waals surface area (Å²) in [4.78, 5) is 23.2. The predicted octanol–water partition coefficient (Wildman–Crippen LogP) is 0.842. The van der Waals surface area contributed by atoms with E-state index in [4.69, 9.17) is 9.47 Å². The van der Waals surface area contributed by atoms with E-state index in [1.165, 1.54) is 14.2 Å². The first kappa shape index (κ1) is 15.2. The summed E-state index contributed by atoms with van der Waals surface area (Å²) in [6.45, 7) is 1.88. The molecule has 0 saturated carbocycles. The summed E-state index contributed by atoms with van der Waals surface area (Å²) in [5.41, 5.74) is 2.06. The number of ether oxygens (including phenoxy) is 2. The van der Waals surface area contributed by atoms with Gasteiger partial charge in [0.25, 0.3) is 0 Å². The standard InChI is InChI=1S/C14H19NO4/c1-10-6-4-5-7-11(10)8-12(14(17)19-3)15-13(16)9-18-2/h4-7,12H,8-9H2,1-3H3,(H,15,16)/t12-/m1/s1. The van der Waals surface area contributed by atoms with Crippen LogP contribution in [-0.4, -0.2) is 38.7 Å². The molecule has 0 radical (unpaired) electrons. The summed E-state index contributed by atoms with van der Waals surface area (Å²) < 4.78 is 9.44. The third-order valence-electron chi connectivity index (χ3n) is 2.78. The summed E-state index contributed by atoms with van der Waals surface area (Å²) in [6.07, 6.45) is 0.398. The lowest BCUT2D eigenvalue weighted by Crippen LogP contribution is -2.44. The van der Waals surface area contributed by atoms with Crippen molar-refractivity contribution in [3.8, 4) is 0 Å². The maximum Gasteiger partial charge on any atom is 0.328 e. The van der Waals surface area contributed by atoms with Gasteiger partial charge in [0.05, 0.1) is 7.11 Å². The summed E-state index contributed by atoms with van der Waals surface area (Å²) in [5, 5.41) is 2.61. The van der Waals surface area contributed by atoms with E-state index in [2.05, 4.69) is 5.32 Å². The minimum Gasteiger partial charge on any atom is -0.467 e. The van der Waals surface area contributed by atoms with Crippen molar-refractivity contribution in [1.82, 2.24) is 5.32 Å². The Morgan fingerprint density at radius 3 is 2.53 bits per heavy atom. The van der Waals surface area contributed by atoms with Crippen LogP contribution in [0, 0.1) is 6.92 Å². The Morgan fingerprint density at radius 2 is 1.95 bits per heavy atom. The largest absolute Gasteiger partial charge is 0.467 e. The van der Waals surface area contributed by atoms with Crippen molar-refractivity contribution in [2.24, 2.45) is 0 Å². The van der Waals surface area contributed by atoms with Gasteiger partial charge in [-0.3, -0.25) is 4.79 Å². The number of carbonyl (C=O) groups is 2. The van der Waals surface area contributed by atoms with Gasteiger partial charge in [0.15, 0.2) is 0 Å². The second-order valence-electron chi connectivity index (χ2n) is 4.21. The van der Waals surface area contributed by atoms with E-state index in [1.807, 2.05) is 31.2 Å². The average molecular weight is 265 g/mol. The van der Waals surface area contributed by atoms with E-state index >= 15 is 0 Å². The minimum atomic E-state index is -0.700. The van der Waals surface area contributed by atoms with Gasteiger partial charge in [0, 0.05) is 13.5 Å². The molecule has 5 heteroatoms. The first-order valence-corrected chi connectivity index (χ1v) is 5.99. The monoisotopic (exact) mass is 265 g/mol. The Bertz CT molecular complexity index is 445. The molecule has 0 saturated heterocycles. The zero-order chi connectivity index (χ0) is 14.3. The Balaban J connectivity index is 2.78. The lowest BCUT2D eigenvalue weighted by molar-refractivity contribution is -0.145.